The minimum atomic E-state index is -1.82. The SMILES string of the molecule is Cc1ccc(C2=C(c3c(Cl)cccc3Cl)C(=O)OC2(C)O)nc1C. The lowest BCUT2D eigenvalue weighted by atomic mass is 9.94. The van der Waals surface area contributed by atoms with Crippen molar-refractivity contribution in [2.45, 2.75) is 26.6 Å². The molecule has 0 aliphatic carbocycles. The summed E-state index contributed by atoms with van der Waals surface area (Å²) in [6.45, 7) is 5.18. The number of aromatic nitrogens is 1. The number of esters is 1. The highest BCUT2D eigenvalue weighted by atomic mass is 35.5. The van der Waals surface area contributed by atoms with Gasteiger partial charge in [-0.2, -0.15) is 0 Å². The molecule has 0 amide bonds. The second-order valence-corrected chi connectivity index (χ2v) is 6.63. The van der Waals surface area contributed by atoms with Crippen LogP contribution in [-0.4, -0.2) is 21.8 Å². The second-order valence-electron chi connectivity index (χ2n) is 5.82. The van der Waals surface area contributed by atoms with Gasteiger partial charge in [-0.1, -0.05) is 35.3 Å². The highest BCUT2D eigenvalue weighted by Crippen LogP contribution is 2.45. The fourth-order valence-electron chi connectivity index (χ4n) is 2.72. The van der Waals surface area contributed by atoms with Crippen molar-refractivity contribution in [1.29, 1.82) is 0 Å². The van der Waals surface area contributed by atoms with E-state index < -0.39 is 11.8 Å². The molecule has 3 rings (SSSR count). The number of benzene rings is 1. The van der Waals surface area contributed by atoms with E-state index in [-0.39, 0.29) is 11.1 Å². The maximum absolute atomic E-state index is 12.4. The molecule has 6 heteroatoms. The molecule has 0 radical (unpaired) electrons. The Bertz CT molecular complexity index is 868. The fraction of sp³-hybridized carbons (Fsp3) is 0.222. The summed E-state index contributed by atoms with van der Waals surface area (Å²) >= 11 is 12.5. The first kappa shape index (κ1) is 17.0. The molecule has 24 heavy (non-hydrogen) atoms. The summed E-state index contributed by atoms with van der Waals surface area (Å²) in [5.41, 5.74) is 2.96. The summed E-state index contributed by atoms with van der Waals surface area (Å²) in [6.07, 6.45) is 0. The van der Waals surface area contributed by atoms with Crippen LogP contribution in [0.5, 0.6) is 0 Å². The van der Waals surface area contributed by atoms with E-state index in [1.807, 2.05) is 19.9 Å². The number of aryl methyl sites for hydroxylation is 2. The summed E-state index contributed by atoms with van der Waals surface area (Å²) in [7, 11) is 0. The molecule has 1 atom stereocenters. The van der Waals surface area contributed by atoms with E-state index in [2.05, 4.69) is 4.98 Å². The van der Waals surface area contributed by atoms with Crippen LogP contribution in [0.4, 0.5) is 0 Å². The number of cyclic esters (lactones) is 1. The van der Waals surface area contributed by atoms with Gasteiger partial charge in [-0.05, 0) is 37.6 Å². The fourth-order valence-corrected chi connectivity index (χ4v) is 3.30. The molecule has 0 fully saturated rings. The average molecular weight is 364 g/mol. The number of halogens is 2. The maximum Gasteiger partial charge on any atom is 0.342 e. The first-order valence-electron chi connectivity index (χ1n) is 7.32. The number of aliphatic hydroxyl groups is 1. The first-order chi connectivity index (χ1) is 11.2. The van der Waals surface area contributed by atoms with Crippen LogP contribution in [-0.2, 0) is 9.53 Å². The molecule has 0 saturated heterocycles. The maximum atomic E-state index is 12.4. The van der Waals surface area contributed by atoms with Crippen molar-refractivity contribution in [2.75, 3.05) is 0 Å². The van der Waals surface area contributed by atoms with Gasteiger partial charge in [0.2, 0.25) is 5.79 Å². The monoisotopic (exact) mass is 363 g/mol. The summed E-state index contributed by atoms with van der Waals surface area (Å²) < 4.78 is 5.15. The number of carbonyl (C=O) groups excluding carboxylic acids is 1. The van der Waals surface area contributed by atoms with E-state index >= 15 is 0 Å². The lowest BCUT2D eigenvalue weighted by Gasteiger charge is -2.20. The van der Waals surface area contributed by atoms with Crippen LogP contribution in [0.2, 0.25) is 10.0 Å². The average Bonchev–Trinajstić information content (AvgIpc) is 2.71. The second kappa shape index (κ2) is 5.88. The normalized spacial score (nSPS) is 20.5. The Morgan fingerprint density at radius 3 is 2.33 bits per heavy atom. The van der Waals surface area contributed by atoms with Crippen LogP contribution in [0, 0.1) is 13.8 Å². The minimum Gasteiger partial charge on any atom is -0.425 e. The van der Waals surface area contributed by atoms with Crippen LogP contribution >= 0.6 is 23.2 Å². The van der Waals surface area contributed by atoms with E-state index in [1.165, 1.54) is 6.92 Å². The zero-order chi connectivity index (χ0) is 17.6. The van der Waals surface area contributed by atoms with Gasteiger partial charge in [-0.25, -0.2) is 4.79 Å². The van der Waals surface area contributed by atoms with E-state index in [9.17, 15) is 9.90 Å². The predicted octanol–water partition coefficient (Wildman–Crippen LogP) is 4.18. The summed E-state index contributed by atoms with van der Waals surface area (Å²) in [5, 5.41) is 11.2. The van der Waals surface area contributed by atoms with Gasteiger partial charge in [0.25, 0.3) is 0 Å². The van der Waals surface area contributed by atoms with Crippen molar-refractivity contribution < 1.29 is 14.6 Å². The number of ether oxygens (including phenoxy) is 1. The molecule has 2 heterocycles. The number of hydrogen-bond donors (Lipinski definition) is 1. The molecule has 1 aliphatic heterocycles. The molecule has 124 valence electrons. The Balaban J connectivity index is 2.36. The molecule has 1 N–H and O–H groups in total. The highest BCUT2D eigenvalue weighted by Gasteiger charge is 2.45. The number of rotatable bonds is 2. The Labute approximate surface area is 149 Å². The number of carbonyl (C=O) groups is 1. The third-order valence-electron chi connectivity index (χ3n) is 4.03. The third-order valence-corrected chi connectivity index (χ3v) is 4.66. The third kappa shape index (κ3) is 2.71. The van der Waals surface area contributed by atoms with E-state index in [0.717, 1.165) is 11.3 Å². The van der Waals surface area contributed by atoms with Gasteiger partial charge in [-0.15, -0.1) is 0 Å². The molecular formula is C18H15Cl2NO3. The molecule has 0 saturated carbocycles. The number of nitrogens with zero attached hydrogens (tertiary/aromatic N) is 1. The Hall–Kier alpha value is -1.88. The van der Waals surface area contributed by atoms with Crippen molar-refractivity contribution in [3.8, 4) is 0 Å². The van der Waals surface area contributed by atoms with E-state index in [0.29, 0.717) is 21.3 Å². The minimum absolute atomic E-state index is 0.131. The van der Waals surface area contributed by atoms with Crippen molar-refractivity contribution >= 4 is 40.3 Å². The first-order valence-corrected chi connectivity index (χ1v) is 8.07. The predicted molar refractivity (Wildman–Crippen MR) is 93.7 cm³/mol. The molecule has 0 spiro atoms. The summed E-state index contributed by atoms with van der Waals surface area (Å²) in [5.74, 6) is -2.51. The molecule has 0 bridgehead atoms. The summed E-state index contributed by atoms with van der Waals surface area (Å²) in [4.78, 5) is 16.9. The van der Waals surface area contributed by atoms with Gasteiger partial charge in [0.1, 0.15) is 0 Å². The number of pyridine rings is 1. The van der Waals surface area contributed by atoms with Crippen molar-refractivity contribution in [3.05, 3.63) is 62.9 Å². The quantitative estimate of drug-likeness (QED) is 0.813. The van der Waals surface area contributed by atoms with Crippen LogP contribution in [0.3, 0.4) is 0 Å². The molecule has 1 aromatic heterocycles. The van der Waals surface area contributed by atoms with Gasteiger partial charge in [0.15, 0.2) is 0 Å². The van der Waals surface area contributed by atoms with E-state index in [1.54, 1.807) is 24.3 Å². The standard InChI is InChI=1S/C18H15Cl2NO3/c1-9-7-8-13(21-10(9)2)16-15(17(22)24-18(16,3)23)14-11(19)5-4-6-12(14)20/h4-8,23H,1-3H3. The molecule has 4 nitrogen and oxygen atoms in total. The zero-order valence-corrected chi connectivity index (χ0v) is 14.9. The Morgan fingerprint density at radius 2 is 1.75 bits per heavy atom. The van der Waals surface area contributed by atoms with Crippen LogP contribution < -0.4 is 0 Å². The molecule has 2 aromatic rings. The van der Waals surface area contributed by atoms with Crippen LogP contribution in [0.25, 0.3) is 11.1 Å². The van der Waals surface area contributed by atoms with Crippen molar-refractivity contribution in [1.82, 2.24) is 4.98 Å². The van der Waals surface area contributed by atoms with Gasteiger partial charge in [-0.3, -0.25) is 4.98 Å². The molecule has 1 aliphatic rings. The molecule has 1 unspecified atom stereocenters. The van der Waals surface area contributed by atoms with Gasteiger partial charge >= 0.3 is 5.97 Å². The molecule has 1 aromatic carbocycles. The summed E-state index contributed by atoms with van der Waals surface area (Å²) in [6, 6.07) is 8.54. The molecular weight excluding hydrogens is 349 g/mol. The van der Waals surface area contributed by atoms with Crippen LogP contribution in [0.1, 0.15) is 29.4 Å². The Kier molecular flexibility index (Phi) is 4.16. The van der Waals surface area contributed by atoms with E-state index in [4.69, 9.17) is 27.9 Å². The van der Waals surface area contributed by atoms with Crippen molar-refractivity contribution in [3.63, 3.8) is 0 Å². The van der Waals surface area contributed by atoms with Gasteiger partial charge < -0.3 is 9.84 Å². The smallest absolute Gasteiger partial charge is 0.342 e. The van der Waals surface area contributed by atoms with Crippen molar-refractivity contribution in [2.24, 2.45) is 0 Å². The topological polar surface area (TPSA) is 59.4 Å². The van der Waals surface area contributed by atoms with Crippen LogP contribution in [0.15, 0.2) is 30.3 Å². The highest BCUT2D eigenvalue weighted by molar-refractivity contribution is 6.42. The van der Waals surface area contributed by atoms with Gasteiger partial charge in [0, 0.05) is 18.2 Å². The lowest BCUT2D eigenvalue weighted by molar-refractivity contribution is -0.169. The number of hydrogen-bond acceptors (Lipinski definition) is 4. The largest absolute Gasteiger partial charge is 0.425 e. The zero-order valence-electron chi connectivity index (χ0n) is 13.4. The van der Waals surface area contributed by atoms with Gasteiger partial charge in [0.05, 0.1) is 26.9 Å². The Morgan fingerprint density at radius 1 is 1.12 bits per heavy atom. The lowest BCUT2D eigenvalue weighted by Crippen LogP contribution is -2.26.